The molecule has 0 N–H and O–H groups in total. The van der Waals surface area contributed by atoms with Gasteiger partial charge in [-0.05, 0) is 31.6 Å². The van der Waals surface area contributed by atoms with Crippen molar-refractivity contribution in [3.05, 3.63) is 26.0 Å². The van der Waals surface area contributed by atoms with E-state index in [0.29, 0.717) is 0 Å². The molecule has 0 saturated heterocycles. The molecule has 1 unspecified atom stereocenters. The van der Waals surface area contributed by atoms with E-state index in [9.17, 15) is 0 Å². The Morgan fingerprint density at radius 3 is 1.67 bits per heavy atom. The van der Waals surface area contributed by atoms with Gasteiger partial charge in [-0.1, -0.05) is 104 Å². The molecule has 0 aliphatic carbocycles. The summed E-state index contributed by atoms with van der Waals surface area (Å²) in [7, 11) is 0. The number of unbranched alkanes of at least 4 members (excludes halogenated alkanes) is 9. The first-order valence-corrected chi connectivity index (χ1v) is 9.58. The lowest BCUT2D eigenvalue weighted by molar-refractivity contribution is 0.399. The van der Waals surface area contributed by atoms with Crippen LogP contribution in [0.15, 0.2) is 12.2 Å². The molecule has 0 fully saturated rings. The predicted octanol–water partition coefficient (Wildman–Crippen LogP) is 7.70. The van der Waals surface area contributed by atoms with Crippen LogP contribution in [0.5, 0.6) is 0 Å². The second-order valence-corrected chi connectivity index (χ2v) is 6.44. The molecule has 2 radical (unpaired) electrons. The first-order chi connectivity index (χ1) is 10.3. The standard InChI is InChI=1S/C21H40/c1-4-7-9-10-11-12-13-14-15-16-18-20-21(6-3)19-17-8-5-2/h12-13,21H,1-2,4-11,14-20H2,3H3/b13-12+. The van der Waals surface area contributed by atoms with Crippen LogP contribution in [0.1, 0.15) is 103 Å². The van der Waals surface area contributed by atoms with Crippen molar-refractivity contribution < 1.29 is 0 Å². The Morgan fingerprint density at radius 2 is 1.14 bits per heavy atom. The molecule has 0 heteroatoms. The number of rotatable bonds is 16. The largest absolute Gasteiger partial charge is 0.0885 e. The molecule has 0 saturated carbocycles. The Morgan fingerprint density at radius 1 is 0.667 bits per heavy atom. The van der Waals surface area contributed by atoms with Crippen molar-refractivity contribution in [3.8, 4) is 0 Å². The molecule has 0 heterocycles. The molecule has 124 valence electrons. The lowest BCUT2D eigenvalue weighted by atomic mass is 9.92. The maximum atomic E-state index is 3.93. The highest BCUT2D eigenvalue weighted by atomic mass is 14.1. The zero-order chi connectivity index (χ0) is 15.6. The van der Waals surface area contributed by atoms with Gasteiger partial charge in [0.25, 0.3) is 0 Å². The Labute approximate surface area is 135 Å². The maximum Gasteiger partial charge on any atom is -0.0351 e. The van der Waals surface area contributed by atoms with Crippen LogP contribution in [0.3, 0.4) is 0 Å². The smallest absolute Gasteiger partial charge is 0.0351 e. The van der Waals surface area contributed by atoms with Crippen LogP contribution < -0.4 is 0 Å². The molecule has 0 amide bonds. The molecule has 1 atom stereocenters. The van der Waals surface area contributed by atoms with Gasteiger partial charge in [0.2, 0.25) is 0 Å². The van der Waals surface area contributed by atoms with Crippen molar-refractivity contribution in [3.63, 3.8) is 0 Å². The molecule has 0 aromatic carbocycles. The minimum Gasteiger partial charge on any atom is -0.0885 e. The third-order valence-electron chi connectivity index (χ3n) is 4.46. The zero-order valence-electron chi connectivity index (χ0n) is 14.8. The Balaban J connectivity index is 3.31. The highest BCUT2D eigenvalue weighted by molar-refractivity contribution is 4.81. The predicted molar refractivity (Wildman–Crippen MR) is 98.3 cm³/mol. The van der Waals surface area contributed by atoms with Crippen LogP contribution in [-0.4, -0.2) is 0 Å². The molecule has 21 heavy (non-hydrogen) atoms. The number of hydrogen-bond donors (Lipinski definition) is 0. The van der Waals surface area contributed by atoms with E-state index in [4.69, 9.17) is 0 Å². The first kappa shape index (κ1) is 20.7. The SMILES string of the molecule is [CH2]CCCCC/C=C/CCCCCC(CC)CCCC[CH2]. The van der Waals surface area contributed by atoms with Gasteiger partial charge in [0.1, 0.15) is 0 Å². The van der Waals surface area contributed by atoms with E-state index in [0.717, 1.165) is 18.8 Å². The normalized spacial score (nSPS) is 13.1. The molecule has 0 aromatic rings. The van der Waals surface area contributed by atoms with Crippen LogP contribution in [0.2, 0.25) is 0 Å². The molecule has 0 aromatic heterocycles. The molecular weight excluding hydrogens is 252 g/mol. The topological polar surface area (TPSA) is 0 Å². The summed E-state index contributed by atoms with van der Waals surface area (Å²) in [5.41, 5.74) is 0. The van der Waals surface area contributed by atoms with Crippen molar-refractivity contribution in [2.75, 3.05) is 0 Å². The molecule has 0 bridgehead atoms. The fourth-order valence-electron chi connectivity index (χ4n) is 2.89. The Bertz CT molecular complexity index is 204. The molecule has 0 aliphatic heterocycles. The molecule has 0 rings (SSSR count). The van der Waals surface area contributed by atoms with E-state index in [1.807, 2.05) is 0 Å². The monoisotopic (exact) mass is 292 g/mol. The Hall–Kier alpha value is -0.260. The maximum absolute atomic E-state index is 3.93. The quantitative estimate of drug-likeness (QED) is 0.202. The van der Waals surface area contributed by atoms with Gasteiger partial charge in [0, 0.05) is 0 Å². The number of allylic oxidation sites excluding steroid dienone is 2. The van der Waals surface area contributed by atoms with E-state index in [2.05, 4.69) is 32.9 Å². The molecule has 0 spiro atoms. The van der Waals surface area contributed by atoms with Gasteiger partial charge in [-0.25, -0.2) is 0 Å². The van der Waals surface area contributed by atoms with Gasteiger partial charge >= 0.3 is 0 Å². The lowest BCUT2D eigenvalue weighted by Gasteiger charge is -2.14. The summed E-state index contributed by atoms with van der Waals surface area (Å²) in [6, 6.07) is 0. The fraction of sp³-hybridized carbons (Fsp3) is 0.810. The second-order valence-electron chi connectivity index (χ2n) is 6.44. The minimum absolute atomic E-state index is 0.972. The third-order valence-corrected chi connectivity index (χ3v) is 4.46. The highest BCUT2D eigenvalue weighted by Gasteiger charge is 2.05. The highest BCUT2D eigenvalue weighted by Crippen LogP contribution is 2.20. The van der Waals surface area contributed by atoms with Crippen molar-refractivity contribution in [2.24, 2.45) is 5.92 Å². The van der Waals surface area contributed by atoms with Crippen molar-refractivity contribution in [1.82, 2.24) is 0 Å². The van der Waals surface area contributed by atoms with Gasteiger partial charge in [-0.15, -0.1) is 0 Å². The van der Waals surface area contributed by atoms with E-state index in [1.165, 1.54) is 83.5 Å². The lowest BCUT2D eigenvalue weighted by Crippen LogP contribution is -1.99. The van der Waals surface area contributed by atoms with Crippen LogP contribution in [0.25, 0.3) is 0 Å². The van der Waals surface area contributed by atoms with E-state index in [-0.39, 0.29) is 0 Å². The van der Waals surface area contributed by atoms with E-state index >= 15 is 0 Å². The summed E-state index contributed by atoms with van der Waals surface area (Å²) in [5, 5.41) is 0. The average molecular weight is 293 g/mol. The second kappa shape index (κ2) is 17.8. The van der Waals surface area contributed by atoms with Crippen LogP contribution in [0.4, 0.5) is 0 Å². The average Bonchev–Trinajstić information content (AvgIpc) is 2.51. The van der Waals surface area contributed by atoms with Crippen LogP contribution in [0, 0.1) is 19.8 Å². The summed E-state index contributed by atoms with van der Waals surface area (Å²) in [6.07, 6.45) is 24.7. The van der Waals surface area contributed by atoms with Gasteiger partial charge in [-0.2, -0.15) is 0 Å². The van der Waals surface area contributed by atoms with Crippen LogP contribution in [-0.2, 0) is 0 Å². The van der Waals surface area contributed by atoms with Gasteiger partial charge < -0.3 is 0 Å². The van der Waals surface area contributed by atoms with Crippen LogP contribution >= 0.6 is 0 Å². The van der Waals surface area contributed by atoms with Gasteiger partial charge in [0.05, 0.1) is 0 Å². The van der Waals surface area contributed by atoms with Crippen molar-refractivity contribution in [2.45, 2.75) is 103 Å². The molecule has 0 aliphatic rings. The summed E-state index contributed by atoms with van der Waals surface area (Å²) < 4.78 is 0. The van der Waals surface area contributed by atoms with Gasteiger partial charge in [0.15, 0.2) is 0 Å². The number of hydrogen-bond acceptors (Lipinski definition) is 0. The fourth-order valence-corrected chi connectivity index (χ4v) is 2.89. The van der Waals surface area contributed by atoms with E-state index < -0.39 is 0 Å². The molecule has 0 nitrogen and oxygen atoms in total. The van der Waals surface area contributed by atoms with E-state index in [1.54, 1.807) is 0 Å². The third kappa shape index (κ3) is 15.9. The molecular formula is C21H40. The first-order valence-electron chi connectivity index (χ1n) is 9.58. The minimum atomic E-state index is 0.972. The zero-order valence-corrected chi connectivity index (χ0v) is 14.8. The summed E-state index contributed by atoms with van der Waals surface area (Å²) >= 11 is 0. The van der Waals surface area contributed by atoms with Crippen molar-refractivity contribution >= 4 is 0 Å². The van der Waals surface area contributed by atoms with Gasteiger partial charge in [-0.3, -0.25) is 0 Å². The Kier molecular flexibility index (Phi) is 17.6. The summed E-state index contributed by atoms with van der Waals surface area (Å²) in [4.78, 5) is 0. The van der Waals surface area contributed by atoms with Crippen molar-refractivity contribution in [1.29, 1.82) is 0 Å². The summed E-state index contributed by atoms with van der Waals surface area (Å²) in [6.45, 7) is 10.2. The summed E-state index contributed by atoms with van der Waals surface area (Å²) in [5.74, 6) is 0.972.